The minimum Gasteiger partial charge on any atom is -0.491 e. The Labute approximate surface area is 97.0 Å². The lowest BCUT2D eigenvalue weighted by molar-refractivity contribution is 0.275. The van der Waals surface area contributed by atoms with Crippen molar-refractivity contribution in [2.45, 2.75) is 44.2 Å². The highest BCUT2D eigenvalue weighted by atomic mass is 16.5. The summed E-state index contributed by atoms with van der Waals surface area (Å²) in [6, 6.07) is 9.51. The maximum atomic E-state index is 5.69. The lowest BCUT2D eigenvalue weighted by atomic mass is 9.94. The molecular formula is C14H19NO. The van der Waals surface area contributed by atoms with Gasteiger partial charge in [-0.25, -0.2) is 0 Å². The van der Waals surface area contributed by atoms with Gasteiger partial charge in [0.1, 0.15) is 12.4 Å². The maximum Gasteiger partial charge on any atom is 0.124 e. The molecule has 1 N–H and O–H groups in total. The van der Waals surface area contributed by atoms with Crippen LogP contribution in [0.3, 0.4) is 0 Å². The molecule has 1 aromatic carbocycles. The molecule has 0 spiro atoms. The van der Waals surface area contributed by atoms with Gasteiger partial charge >= 0.3 is 0 Å². The van der Waals surface area contributed by atoms with E-state index in [1.165, 1.54) is 37.7 Å². The molecule has 86 valence electrons. The molecule has 1 atom stereocenters. The van der Waals surface area contributed by atoms with Crippen LogP contribution in [-0.2, 0) is 0 Å². The molecule has 16 heavy (non-hydrogen) atoms. The Hall–Kier alpha value is -1.02. The first kappa shape index (κ1) is 10.2. The highest BCUT2D eigenvalue weighted by Gasteiger charge is 2.26. The molecule has 3 rings (SSSR count). The molecule has 1 saturated carbocycles. The van der Waals surface area contributed by atoms with Gasteiger partial charge in [0, 0.05) is 11.6 Å². The van der Waals surface area contributed by atoms with Crippen LogP contribution in [0.2, 0.25) is 0 Å². The van der Waals surface area contributed by atoms with Gasteiger partial charge in [-0.2, -0.15) is 0 Å². The zero-order chi connectivity index (χ0) is 10.8. The zero-order valence-electron chi connectivity index (χ0n) is 9.61. The van der Waals surface area contributed by atoms with Crippen molar-refractivity contribution in [1.29, 1.82) is 0 Å². The van der Waals surface area contributed by atoms with Crippen LogP contribution < -0.4 is 10.1 Å². The third-order valence-corrected chi connectivity index (χ3v) is 3.74. The van der Waals surface area contributed by atoms with Crippen LogP contribution in [0.25, 0.3) is 0 Å². The van der Waals surface area contributed by atoms with Crippen molar-refractivity contribution in [3.8, 4) is 5.75 Å². The third kappa shape index (κ3) is 1.94. The molecule has 0 amide bonds. The second-order valence-corrected chi connectivity index (χ2v) is 4.90. The van der Waals surface area contributed by atoms with Crippen LogP contribution in [0.15, 0.2) is 24.3 Å². The number of benzene rings is 1. The van der Waals surface area contributed by atoms with E-state index in [0.717, 1.165) is 12.4 Å². The van der Waals surface area contributed by atoms with Gasteiger partial charge in [0.2, 0.25) is 0 Å². The van der Waals surface area contributed by atoms with Gasteiger partial charge in [-0.05, 0) is 18.9 Å². The Balaban J connectivity index is 1.68. The van der Waals surface area contributed by atoms with E-state index in [-0.39, 0.29) is 0 Å². The summed E-state index contributed by atoms with van der Waals surface area (Å²) in [5, 5.41) is 3.75. The highest BCUT2D eigenvalue weighted by Crippen LogP contribution is 2.33. The van der Waals surface area contributed by atoms with Crippen molar-refractivity contribution in [1.82, 2.24) is 5.32 Å². The normalized spacial score (nSPS) is 25.1. The topological polar surface area (TPSA) is 21.3 Å². The molecule has 0 saturated heterocycles. The lowest BCUT2D eigenvalue weighted by Crippen LogP contribution is -2.35. The second kappa shape index (κ2) is 4.46. The number of rotatable bonds is 2. The number of fused-ring (bicyclic) bond motifs is 1. The van der Waals surface area contributed by atoms with E-state index < -0.39 is 0 Å². The first-order valence-corrected chi connectivity index (χ1v) is 6.41. The van der Waals surface area contributed by atoms with E-state index in [2.05, 4.69) is 23.5 Å². The summed E-state index contributed by atoms with van der Waals surface area (Å²) >= 11 is 0. The molecule has 1 heterocycles. The largest absolute Gasteiger partial charge is 0.491 e. The summed E-state index contributed by atoms with van der Waals surface area (Å²) in [5.74, 6) is 1.07. The van der Waals surface area contributed by atoms with Crippen molar-refractivity contribution in [2.24, 2.45) is 0 Å². The molecule has 1 aromatic rings. The van der Waals surface area contributed by atoms with Gasteiger partial charge in [0.15, 0.2) is 0 Å². The van der Waals surface area contributed by atoms with Gasteiger partial charge in [-0.3, -0.25) is 0 Å². The predicted molar refractivity (Wildman–Crippen MR) is 64.7 cm³/mol. The van der Waals surface area contributed by atoms with Crippen molar-refractivity contribution in [2.75, 3.05) is 6.61 Å². The molecule has 0 aromatic heterocycles. The summed E-state index contributed by atoms with van der Waals surface area (Å²) in [5.41, 5.74) is 1.34. The number of nitrogens with one attached hydrogen (secondary N) is 1. The van der Waals surface area contributed by atoms with Gasteiger partial charge in [0.05, 0.1) is 6.04 Å². The van der Waals surface area contributed by atoms with E-state index in [9.17, 15) is 0 Å². The number of ether oxygens (including phenoxy) is 1. The summed E-state index contributed by atoms with van der Waals surface area (Å²) < 4.78 is 5.69. The highest BCUT2D eigenvalue weighted by molar-refractivity contribution is 5.39. The minimum absolute atomic E-state index is 0.416. The molecular weight excluding hydrogens is 198 g/mol. The lowest BCUT2D eigenvalue weighted by Gasteiger charge is -2.25. The van der Waals surface area contributed by atoms with Crippen molar-refractivity contribution >= 4 is 0 Å². The van der Waals surface area contributed by atoms with Crippen molar-refractivity contribution in [3.63, 3.8) is 0 Å². The number of hydrogen-bond acceptors (Lipinski definition) is 2. The van der Waals surface area contributed by atoms with Gasteiger partial charge in [-0.1, -0.05) is 37.5 Å². The van der Waals surface area contributed by atoms with E-state index >= 15 is 0 Å². The first-order chi connectivity index (χ1) is 7.93. The standard InChI is InChI=1S/C14H19NO/c1-2-6-11(7-3-1)15-13-10-16-14-9-5-4-8-12(13)14/h4-5,8-9,11,13,15H,1-3,6-7,10H2. The molecule has 1 unspecified atom stereocenters. The summed E-state index contributed by atoms with van der Waals surface area (Å²) in [6.07, 6.45) is 6.84. The number of hydrogen-bond donors (Lipinski definition) is 1. The first-order valence-electron chi connectivity index (χ1n) is 6.41. The Kier molecular flexibility index (Phi) is 2.83. The Morgan fingerprint density at radius 2 is 1.88 bits per heavy atom. The van der Waals surface area contributed by atoms with Crippen LogP contribution in [0.4, 0.5) is 0 Å². The van der Waals surface area contributed by atoms with E-state index in [1.54, 1.807) is 0 Å². The fourth-order valence-corrected chi connectivity index (χ4v) is 2.85. The van der Waals surface area contributed by atoms with E-state index in [4.69, 9.17) is 4.74 Å². The Bertz CT molecular complexity index is 358. The average Bonchev–Trinajstić information content (AvgIpc) is 2.74. The smallest absolute Gasteiger partial charge is 0.124 e. The SMILES string of the molecule is c1ccc2c(c1)OCC2NC1CCCCC1. The van der Waals surface area contributed by atoms with Crippen LogP contribution in [0.5, 0.6) is 5.75 Å². The fourth-order valence-electron chi connectivity index (χ4n) is 2.85. The molecule has 1 fully saturated rings. The summed E-state index contributed by atoms with van der Waals surface area (Å²) in [6.45, 7) is 0.801. The van der Waals surface area contributed by atoms with Gasteiger partial charge in [0.25, 0.3) is 0 Å². The number of para-hydroxylation sites is 1. The maximum absolute atomic E-state index is 5.69. The third-order valence-electron chi connectivity index (χ3n) is 3.74. The van der Waals surface area contributed by atoms with Crippen LogP contribution in [-0.4, -0.2) is 12.6 Å². The summed E-state index contributed by atoms with van der Waals surface area (Å²) in [4.78, 5) is 0. The molecule has 0 bridgehead atoms. The quantitative estimate of drug-likeness (QED) is 0.822. The Morgan fingerprint density at radius 3 is 2.75 bits per heavy atom. The average molecular weight is 217 g/mol. The second-order valence-electron chi connectivity index (χ2n) is 4.90. The molecule has 1 aliphatic heterocycles. The molecule has 1 aliphatic carbocycles. The summed E-state index contributed by atoms with van der Waals surface area (Å²) in [7, 11) is 0. The van der Waals surface area contributed by atoms with Crippen molar-refractivity contribution < 1.29 is 4.74 Å². The van der Waals surface area contributed by atoms with E-state index in [0.29, 0.717) is 12.1 Å². The van der Waals surface area contributed by atoms with Crippen molar-refractivity contribution in [3.05, 3.63) is 29.8 Å². The van der Waals surface area contributed by atoms with Crippen LogP contribution in [0, 0.1) is 0 Å². The van der Waals surface area contributed by atoms with Crippen LogP contribution >= 0.6 is 0 Å². The van der Waals surface area contributed by atoms with E-state index in [1.807, 2.05) is 6.07 Å². The predicted octanol–water partition coefficient (Wildman–Crippen LogP) is 3.04. The molecule has 2 nitrogen and oxygen atoms in total. The molecule has 2 aliphatic rings. The monoisotopic (exact) mass is 217 g/mol. The molecule has 2 heteroatoms. The van der Waals surface area contributed by atoms with Crippen LogP contribution in [0.1, 0.15) is 43.7 Å². The van der Waals surface area contributed by atoms with Gasteiger partial charge in [-0.15, -0.1) is 0 Å². The fraction of sp³-hybridized carbons (Fsp3) is 0.571. The molecule has 0 radical (unpaired) electrons. The van der Waals surface area contributed by atoms with Gasteiger partial charge < -0.3 is 10.1 Å². The zero-order valence-corrected chi connectivity index (χ0v) is 9.61. The minimum atomic E-state index is 0.416. The Morgan fingerprint density at radius 1 is 1.06 bits per heavy atom.